The molecule has 2 rings (SSSR count). The van der Waals surface area contributed by atoms with Crippen molar-refractivity contribution in [3.05, 3.63) is 30.1 Å². The molecule has 2 heterocycles. The molecular formula is C13H20N2S. The summed E-state index contributed by atoms with van der Waals surface area (Å²) in [5.41, 5.74) is 1.38. The molecule has 0 unspecified atom stereocenters. The highest BCUT2D eigenvalue weighted by Gasteiger charge is 2.12. The van der Waals surface area contributed by atoms with Gasteiger partial charge in [-0.25, -0.2) is 0 Å². The predicted molar refractivity (Wildman–Crippen MR) is 70.9 cm³/mol. The van der Waals surface area contributed by atoms with Gasteiger partial charge in [0, 0.05) is 12.4 Å². The van der Waals surface area contributed by atoms with E-state index in [2.05, 4.69) is 34.2 Å². The number of nitrogens with zero attached hydrogens (tertiary/aromatic N) is 1. The molecule has 0 bridgehead atoms. The first kappa shape index (κ1) is 11.9. The van der Waals surface area contributed by atoms with Gasteiger partial charge in [-0.1, -0.05) is 0 Å². The van der Waals surface area contributed by atoms with E-state index in [4.69, 9.17) is 0 Å². The molecule has 1 fully saturated rings. The van der Waals surface area contributed by atoms with Crippen LogP contribution in [0.25, 0.3) is 0 Å². The number of nitrogens with one attached hydrogen (secondary N) is 1. The van der Waals surface area contributed by atoms with Gasteiger partial charge in [-0.05, 0) is 67.5 Å². The zero-order valence-electron chi connectivity index (χ0n) is 9.69. The number of thioether (sulfide) groups is 1. The van der Waals surface area contributed by atoms with Crippen LogP contribution in [-0.4, -0.2) is 29.6 Å². The monoisotopic (exact) mass is 236 g/mol. The van der Waals surface area contributed by atoms with Crippen LogP contribution in [0.2, 0.25) is 0 Å². The topological polar surface area (TPSA) is 24.9 Å². The molecule has 1 aromatic rings. The molecule has 2 nitrogen and oxygen atoms in total. The van der Waals surface area contributed by atoms with Crippen LogP contribution in [0.1, 0.15) is 18.4 Å². The summed E-state index contributed by atoms with van der Waals surface area (Å²) in [5, 5.41) is 3.57. The largest absolute Gasteiger partial charge is 0.316 e. The van der Waals surface area contributed by atoms with Crippen LogP contribution in [0.5, 0.6) is 0 Å². The number of hydrogen-bond donors (Lipinski definition) is 1. The molecule has 1 aliphatic rings. The maximum Gasteiger partial charge on any atom is 0.0270 e. The smallest absolute Gasteiger partial charge is 0.0270 e. The average molecular weight is 236 g/mol. The molecule has 1 N–H and O–H groups in total. The molecular weight excluding hydrogens is 216 g/mol. The lowest BCUT2D eigenvalue weighted by Gasteiger charge is -2.21. The molecule has 0 radical (unpaired) electrons. The number of pyridine rings is 1. The summed E-state index contributed by atoms with van der Waals surface area (Å²) in [4.78, 5) is 4.02. The zero-order valence-corrected chi connectivity index (χ0v) is 10.5. The molecule has 0 atom stereocenters. The minimum absolute atomic E-state index is 0.915. The first-order chi connectivity index (χ1) is 7.95. The van der Waals surface area contributed by atoms with Gasteiger partial charge in [0.1, 0.15) is 0 Å². The first-order valence-electron chi connectivity index (χ1n) is 6.12. The fourth-order valence-electron chi connectivity index (χ4n) is 2.04. The molecule has 0 aliphatic carbocycles. The molecule has 16 heavy (non-hydrogen) atoms. The van der Waals surface area contributed by atoms with E-state index >= 15 is 0 Å². The minimum Gasteiger partial charge on any atom is -0.316 e. The van der Waals surface area contributed by atoms with E-state index in [-0.39, 0.29) is 0 Å². The summed E-state index contributed by atoms with van der Waals surface area (Å²) >= 11 is 2.10. The fraction of sp³-hybridized carbons (Fsp3) is 0.615. The van der Waals surface area contributed by atoms with Crippen LogP contribution >= 0.6 is 11.8 Å². The molecule has 88 valence electrons. The highest BCUT2D eigenvalue weighted by Crippen LogP contribution is 2.21. The third-order valence-corrected chi connectivity index (χ3v) is 4.16. The fourth-order valence-corrected chi connectivity index (χ4v) is 3.24. The Morgan fingerprint density at radius 3 is 2.75 bits per heavy atom. The zero-order chi connectivity index (χ0) is 11.1. The lowest BCUT2D eigenvalue weighted by atomic mass is 10.0. The van der Waals surface area contributed by atoms with Gasteiger partial charge in [0.15, 0.2) is 0 Å². The van der Waals surface area contributed by atoms with Crippen LogP contribution in [0.4, 0.5) is 0 Å². The van der Waals surface area contributed by atoms with Crippen molar-refractivity contribution in [1.29, 1.82) is 0 Å². The van der Waals surface area contributed by atoms with Gasteiger partial charge in [0.25, 0.3) is 0 Å². The first-order valence-corrected chi connectivity index (χ1v) is 7.28. The normalized spacial score (nSPS) is 17.5. The third kappa shape index (κ3) is 4.14. The van der Waals surface area contributed by atoms with Gasteiger partial charge in [-0.2, -0.15) is 11.8 Å². The van der Waals surface area contributed by atoms with Crippen molar-refractivity contribution in [3.63, 3.8) is 0 Å². The molecule has 1 aromatic heterocycles. The Morgan fingerprint density at radius 2 is 2.00 bits per heavy atom. The molecule has 0 aromatic carbocycles. The van der Waals surface area contributed by atoms with Crippen LogP contribution < -0.4 is 5.32 Å². The average Bonchev–Trinajstić information content (AvgIpc) is 2.37. The maximum absolute atomic E-state index is 4.02. The van der Waals surface area contributed by atoms with Gasteiger partial charge < -0.3 is 5.32 Å². The standard InChI is InChI=1S/C13H20N2S/c1-6-14-7-2-12(1)3-8-15-11-13-4-9-16-10-5-13/h1-2,6-7,13,15H,3-5,8-11H2. The Kier molecular flexibility index (Phi) is 5.16. The van der Waals surface area contributed by atoms with Crippen molar-refractivity contribution in [2.75, 3.05) is 24.6 Å². The van der Waals surface area contributed by atoms with Crippen LogP contribution in [-0.2, 0) is 6.42 Å². The van der Waals surface area contributed by atoms with E-state index in [0.717, 1.165) is 18.9 Å². The second-order valence-corrected chi connectivity index (χ2v) is 5.59. The van der Waals surface area contributed by atoms with Crippen molar-refractivity contribution < 1.29 is 0 Å². The van der Waals surface area contributed by atoms with Crippen LogP contribution in [0.3, 0.4) is 0 Å². The van der Waals surface area contributed by atoms with E-state index in [1.54, 1.807) is 0 Å². The van der Waals surface area contributed by atoms with Gasteiger partial charge in [-0.3, -0.25) is 4.98 Å². The second-order valence-electron chi connectivity index (χ2n) is 4.37. The van der Waals surface area contributed by atoms with Crippen molar-refractivity contribution in [1.82, 2.24) is 10.3 Å². The van der Waals surface area contributed by atoms with E-state index in [1.807, 2.05) is 12.4 Å². The quantitative estimate of drug-likeness (QED) is 0.794. The van der Waals surface area contributed by atoms with Gasteiger partial charge in [0.2, 0.25) is 0 Å². The molecule has 1 saturated heterocycles. The summed E-state index contributed by atoms with van der Waals surface area (Å²) in [6, 6.07) is 4.19. The Morgan fingerprint density at radius 1 is 1.25 bits per heavy atom. The van der Waals surface area contributed by atoms with Gasteiger partial charge >= 0.3 is 0 Å². The van der Waals surface area contributed by atoms with Crippen LogP contribution in [0.15, 0.2) is 24.5 Å². The summed E-state index contributed by atoms with van der Waals surface area (Å²) in [5.74, 6) is 3.63. The lowest BCUT2D eigenvalue weighted by molar-refractivity contribution is 0.450. The van der Waals surface area contributed by atoms with Gasteiger partial charge in [0.05, 0.1) is 0 Å². The maximum atomic E-state index is 4.02. The van der Waals surface area contributed by atoms with E-state index in [0.29, 0.717) is 0 Å². The third-order valence-electron chi connectivity index (χ3n) is 3.11. The van der Waals surface area contributed by atoms with Crippen LogP contribution in [0, 0.1) is 5.92 Å². The number of rotatable bonds is 5. The highest BCUT2D eigenvalue weighted by atomic mass is 32.2. The van der Waals surface area contributed by atoms with Gasteiger partial charge in [-0.15, -0.1) is 0 Å². The van der Waals surface area contributed by atoms with E-state index < -0.39 is 0 Å². The Bertz CT molecular complexity index is 283. The Labute approximate surface area is 102 Å². The second kappa shape index (κ2) is 6.92. The number of hydrogen-bond acceptors (Lipinski definition) is 3. The Balaban J connectivity index is 1.58. The molecule has 3 heteroatoms. The summed E-state index contributed by atoms with van der Waals surface area (Å²) in [7, 11) is 0. The molecule has 0 amide bonds. The van der Waals surface area contributed by atoms with E-state index in [1.165, 1.54) is 36.5 Å². The summed E-state index contributed by atoms with van der Waals surface area (Å²) < 4.78 is 0. The molecule has 0 saturated carbocycles. The Hall–Kier alpha value is -0.540. The highest BCUT2D eigenvalue weighted by molar-refractivity contribution is 7.99. The molecule has 1 aliphatic heterocycles. The summed E-state index contributed by atoms with van der Waals surface area (Å²) in [6.45, 7) is 2.29. The van der Waals surface area contributed by atoms with Crippen molar-refractivity contribution in [3.8, 4) is 0 Å². The predicted octanol–water partition coefficient (Wildman–Crippen LogP) is 2.36. The summed E-state index contributed by atoms with van der Waals surface area (Å²) in [6.07, 6.45) is 7.64. The SMILES string of the molecule is c1cc(CCNCC2CCSCC2)ccn1. The lowest BCUT2D eigenvalue weighted by Crippen LogP contribution is -2.27. The van der Waals surface area contributed by atoms with Crippen molar-refractivity contribution >= 4 is 11.8 Å². The van der Waals surface area contributed by atoms with E-state index in [9.17, 15) is 0 Å². The minimum atomic E-state index is 0.915. The van der Waals surface area contributed by atoms with Crippen molar-refractivity contribution in [2.24, 2.45) is 5.92 Å². The number of aromatic nitrogens is 1. The molecule has 0 spiro atoms. The van der Waals surface area contributed by atoms with Crippen molar-refractivity contribution in [2.45, 2.75) is 19.3 Å².